The van der Waals surface area contributed by atoms with Crippen molar-refractivity contribution >= 4 is 28.0 Å². The van der Waals surface area contributed by atoms with Gasteiger partial charge in [-0.2, -0.15) is 0 Å². The smallest absolute Gasteiger partial charge is 0.320 e. The Morgan fingerprint density at radius 2 is 1.81 bits per heavy atom. The van der Waals surface area contributed by atoms with Crippen LogP contribution >= 0.6 is 0 Å². The molecule has 3 aromatic heterocycles. The molecule has 0 spiro atoms. The Hall–Kier alpha value is -3.81. The highest BCUT2D eigenvalue weighted by molar-refractivity contribution is 6.05. The van der Waals surface area contributed by atoms with E-state index in [-0.39, 0.29) is 6.03 Å². The molecule has 2 amide bonds. The van der Waals surface area contributed by atoms with Crippen LogP contribution in [0.5, 0.6) is 11.5 Å². The van der Waals surface area contributed by atoms with Gasteiger partial charge in [-0.1, -0.05) is 0 Å². The average Bonchev–Trinajstić information content (AvgIpc) is 3.45. The molecule has 0 bridgehead atoms. The van der Waals surface area contributed by atoms with Crippen molar-refractivity contribution in [2.24, 2.45) is 5.92 Å². The molecule has 4 aromatic rings. The van der Waals surface area contributed by atoms with Gasteiger partial charge in [0.25, 0.3) is 0 Å². The zero-order chi connectivity index (χ0) is 25.2. The Bertz CT molecular complexity index is 1380. The number of amides is 2. The van der Waals surface area contributed by atoms with Crippen LogP contribution in [-0.4, -0.2) is 70.7 Å². The van der Waals surface area contributed by atoms with E-state index in [4.69, 9.17) is 9.47 Å². The van der Waals surface area contributed by atoms with Gasteiger partial charge in [-0.05, 0) is 73.6 Å². The number of pyridine rings is 2. The summed E-state index contributed by atoms with van der Waals surface area (Å²) in [5, 5.41) is 2.31. The van der Waals surface area contributed by atoms with E-state index in [1.165, 1.54) is 10.9 Å². The summed E-state index contributed by atoms with van der Waals surface area (Å²) >= 11 is 0. The van der Waals surface area contributed by atoms with Crippen molar-refractivity contribution in [3.8, 4) is 11.5 Å². The minimum atomic E-state index is 0.172. The number of carbonyl (C=O) groups is 1. The fourth-order valence-electron chi connectivity index (χ4n) is 5.87. The maximum atomic E-state index is 13.4. The van der Waals surface area contributed by atoms with Gasteiger partial charge in [0.1, 0.15) is 11.5 Å². The molecule has 192 valence electrons. The molecule has 1 aromatic carbocycles. The number of aromatic amines is 1. The number of nitrogens with one attached hydrogen (secondary N) is 1. The fourth-order valence-corrected chi connectivity index (χ4v) is 5.87. The monoisotopic (exact) mass is 499 g/mol. The molecule has 5 heterocycles. The SMILES string of the molecule is COc1ccc(OCC2CCCN(C(=O)N3CCC(c4cc[nH]c5cnc6nccc6c45)CC3)C2)cc1. The molecule has 1 N–H and O–H groups in total. The lowest BCUT2D eigenvalue weighted by atomic mass is 9.87. The third kappa shape index (κ3) is 4.80. The molecule has 1 unspecified atom stereocenters. The maximum Gasteiger partial charge on any atom is 0.320 e. The lowest BCUT2D eigenvalue weighted by Crippen LogP contribution is -2.50. The Kier molecular flexibility index (Phi) is 6.55. The van der Waals surface area contributed by atoms with Crippen LogP contribution in [0.1, 0.15) is 37.2 Å². The summed E-state index contributed by atoms with van der Waals surface area (Å²) in [4.78, 5) is 29.7. The normalized spacial score (nSPS) is 18.9. The maximum absolute atomic E-state index is 13.4. The van der Waals surface area contributed by atoms with Gasteiger partial charge in [0.2, 0.25) is 0 Å². The summed E-state index contributed by atoms with van der Waals surface area (Å²) in [6.07, 6.45) is 9.71. The first-order chi connectivity index (χ1) is 18.2. The van der Waals surface area contributed by atoms with Crippen LogP contribution in [0, 0.1) is 5.92 Å². The van der Waals surface area contributed by atoms with Gasteiger partial charge in [0.05, 0.1) is 25.4 Å². The number of hydrogen-bond acceptors (Lipinski definition) is 5. The number of likely N-dealkylation sites (tertiary alicyclic amines) is 2. The number of methoxy groups -OCH3 is 1. The molecule has 0 radical (unpaired) electrons. The van der Waals surface area contributed by atoms with E-state index in [1.54, 1.807) is 7.11 Å². The topological polar surface area (TPSA) is 83.6 Å². The predicted molar refractivity (Wildman–Crippen MR) is 143 cm³/mol. The standard InChI is InChI=1S/C29H33N5O3/c1-36-22-4-6-23(7-5-22)37-19-20-3-2-14-34(18-20)29(35)33-15-10-21(11-16-33)24-8-12-30-26-17-32-28-25(27(24)26)9-13-31-28/h4-9,12-13,17,20-21,30H,2-3,10-11,14-16,18-19H2,1H3. The predicted octanol–water partition coefficient (Wildman–Crippen LogP) is 5.21. The van der Waals surface area contributed by atoms with Crippen molar-refractivity contribution in [2.45, 2.75) is 31.6 Å². The van der Waals surface area contributed by atoms with E-state index < -0.39 is 0 Å². The van der Waals surface area contributed by atoms with E-state index in [1.807, 2.05) is 58.7 Å². The van der Waals surface area contributed by atoms with Crippen LogP contribution in [0.15, 0.2) is 55.0 Å². The number of H-pyrrole nitrogens is 1. The number of rotatable bonds is 5. The number of urea groups is 1. The second-order valence-corrected chi connectivity index (χ2v) is 10.1. The number of ether oxygens (including phenoxy) is 2. The van der Waals surface area contributed by atoms with Crippen LogP contribution in [0.2, 0.25) is 0 Å². The highest BCUT2D eigenvalue weighted by Gasteiger charge is 2.31. The van der Waals surface area contributed by atoms with E-state index in [2.05, 4.69) is 21.0 Å². The Morgan fingerprint density at radius 1 is 1.00 bits per heavy atom. The summed E-state index contributed by atoms with van der Waals surface area (Å²) in [6, 6.07) is 12.1. The lowest BCUT2D eigenvalue weighted by molar-refractivity contribution is 0.104. The van der Waals surface area contributed by atoms with Crippen LogP contribution in [0.25, 0.3) is 21.9 Å². The molecular weight excluding hydrogens is 466 g/mol. The van der Waals surface area contributed by atoms with Crippen molar-refractivity contribution < 1.29 is 14.3 Å². The molecule has 8 nitrogen and oxygen atoms in total. The number of nitrogens with zero attached hydrogens (tertiary/aromatic N) is 4. The van der Waals surface area contributed by atoms with Crippen molar-refractivity contribution in [1.29, 1.82) is 0 Å². The zero-order valence-electron chi connectivity index (χ0n) is 21.2. The van der Waals surface area contributed by atoms with Gasteiger partial charge in [0.15, 0.2) is 5.65 Å². The lowest BCUT2D eigenvalue weighted by Gasteiger charge is -2.39. The van der Waals surface area contributed by atoms with Gasteiger partial charge < -0.3 is 24.3 Å². The number of hydrogen-bond donors (Lipinski definition) is 1. The number of aromatic nitrogens is 3. The number of benzene rings is 1. The second kappa shape index (κ2) is 10.3. The minimum absolute atomic E-state index is 0.172. The Morgan fingerprint density at radius 3 is 2.62 bits per heavy atom. The van der Waals surface area contributed by atoms with E-state index in [0.29, 0.717) is 18.4 Å². The summed E-state index contributed by atoms with van der Waals surface area (Å²) in [6.45, 7) is 3.76. The average molecular weight is 500 g/mol. The summed E-state index contributed by atoms with van der Waals surface area (Å²) in [7, 11) is 1.66. The molecule has 2 aliphatic heterocycles. The molecule has 2 aliphatic rings. The van der Waals surface area contributed by atoms with Gasteiger partial charge in [-0.15, -0.1) is 0 Å². The first-order valence-electron chi connectivity index (χ1n) is 13.2. The molecule has 1 atom stereocenters. The van der Waals surface area contributed by atoms with Crippen molar-refractivity contribution in [2.75, 3.05) is 39.9 Å². The second-order valence-electron chi connectivity index (χ2n) is 10.1. The molecule has 8 heteroatoms. The Balaban J connectivity index is 1.07. The number of fused-ring (bicyclic) bond motifs is 3. The highest BCUT2D eigenvalue weighted by atomic mass is 16.5. The van der Waals surface area contributed by atoms with Gasteiger partial charge in [0, 0.05) is 55.3 Å². The summed E-state index contributed by atoms with van der Waals surface area (Å²) < 4.78 is 11.2. The highest BCUT2D eigenvalue weighted by Crippen LogP contribution is 2.35. The van der Waals surface area contributed by atoms with Crippen molar-refractivity contribution in [3.05, 3.63) is 60.6 Å². The minimum Gasteiger partial charge on any atom is -0.497 e. The number of piperidine rings is 2. The third-order valence-electron chi connectivity index (χ3n) is 7.86. The summed E-state index contributed by atoms with van der Waals surface area (Å²) in [5.74, 6) is 2.41. The molecule has 6 rings (SSSR count). The van der Waals surface area contributed by atoms with Crippen molar-refractivity contribution in [1.82, 2.24) is 24.8 Å². The molecular formula is C29H33N5O3. The fraction of sp³-hybridized carbons (Fsp3) is 0.414. The third-order valence-corrected chi connectivity index (χ3v) is 7.86. The largest absolute Gasteiger partial charge is 0.497 e. The summed E-state index contributed by atoms with van der Waals surface area (Å²) in [5.41, 5.74) is 3.15. The molecule has 37 heavy (non-hydrogen) atoms. The van der Waals surface area contributed by atoms with Gasteiger partial charge in [-0.3, -0.25) is 0 Å². The Labute approximate surface area is 216 Å². The quantitative estimate of drug-likeness (QED) is 0.408. The van der Waals surface area contributed by atoms with E-state index in [0.717, 1.165) is 79.9 Å². The van der Waals surface area contributed by atoms with Crippen LogP contribution in [0.4, 0.5) is 4.79 Å². The molecule has 0 aliphatic carbocycles. The zero-order valence-corrected chi connectivity index (χ0v) is 21.2. The van der Waals surface area contributed by atoms with Crippen LogP contribution in [-0.2, 0) is 0 Å². The van der Waals surface area contributed by atoms with Crippen LogP contribution in [0.3, 0.4) is 0 Å². The molecule has 2 saturated heterocycles. The van der Waals surface area contributed by atoms with E-state index >= 15 is 0 Å². The molecule has 2 fully saturated rings. The van der Waals surface area contributed by atoms with Gasteiger partial charge >= 0.3 is 6.03 Å². The van der Waals surface area contributed by atoms with Crippen LogP contribution < -0.4 is 9.47 Å². The first kappa shape index (κ1) is 23.6. The number of carbonyl (C=O) groups excluding carboxylic acids is 1. The molecule has 0 saturated carbocycles. The van der Waals surface area contributed by atoms with E-state index in [9.17, 15) is 4.79 Å². The first-order valence-corrected chi connectivity index (χ1v) is 13.2. The van der Waals surface area contributed by atoms with Gasteiger partial charge in [-0.25, -0.2) is 14.8 Å². The van der Waals surface area contributed by atoms with Crippen molar-refractivity contribution in [3.63, 3.8) is 0 Å².